The molecule has 1 aromatic heterocycles. The van der Waals surface area contributed by atoms with Crippen molar-refractivity contribution >= 4 is 23.4 Å². The fourth-order valence-electron chi connectivity index (χ4n) is 3.43. The Morgan fingerprint density at radius 3 is 2.67 bits per heavy atom. The molecule has 3 rings (SSSR count). The maximum atomic E-state index is 13.0. The zero-order valence-corrected chi connectivity index (χ0v) is 17.3. The minimum Gasteiger partial charge on any atom is -0.327 e. The highest BCUT2D eigenvalue weighted by atomic mass is 35.5. The molecule has 9 heteroatoms. The maximum Gasteiger partial charge on any atom is 0.272 e. The molecular formula is C21H21ClN6O2. The molecule has 0 bridgehead atoms. The second kappa shape index (κ2) is 9.43. The number of aromatic nitrogens is 2. The van der Waals surface area contributed by atoms with Crippen molar-refractivity contribution in [2.75, 3.05) is 13.1 Å². The largest absolute Gasteiger partial charge is 0.327 e. The van der Waals surface area contributed by atoms with Gasteiger partial charge < -0.3 is 10.2 Å². The number of halogens is 1. The number of nitriles is 2. The number of nitrogens with one attached hydrogen (secondary N) is 1. The highest BCUT2D eigenvalue weighted by Gasteiger charge is 2.34. The first-order valence-corrected chi connectivity index (χ1v) is 10.1. The molecule has 1 unspecified atom stereocenters. The molecule has 1 aliphatic heterocycles. The third kappa shape index (κ3) is 4.61. The Morgan fingerprint density at radius 2 is 2.03 bits per heavy atom. The van der Waals surface area contributed by atoms with Gasteiger partial charge in [0.2, 0.25) is 11.9 Å². The molecule has 2 amide bonds. The molecule has 0 fully saturated rings. The van der Waals surface area contributed by atoms with E-state index < -0.39 is 11.9 Å². The summed E-state index contributed by atoms with van der Waals surface area (Å²) in [5, 5.41) is 25.3. The lowest BCUT2D eigenvalue weighted by atomic mass is 10.1. The number of carbonyl (C=O) groups is 2. The Labute approximate surface area is 179 Å². The fraction of sp³-hybridized carbons (Fsp3) is 0.381. The molecule has 2 heterocycles. The summed E-state index contributed by atoms with van der Waals surface area (Å²) in [7, 11) is 0. The minimum atomic E-state index is -1.24. The van der Waals surface area contributed by atoms with Gasteiger partial charge in [0.15, 0.2) is 0 Å². The third-order valence-corrected chi connectivity index (χ3v) is 5.20. The van der Waals surface area contributed by atoms with Crippen LogP contribution in [0.5, 0.6) is 0 Å². The van der Waals surface area contributed by atoms with E-state index in [4.69, 9.17) is 22.1 Å². The Bertz CT molecular complexity index is 1000. The SMILES string of the molecule is CCCCC1CN(CC(=O)NC(C#N)C#N)C(=O)c2cc(-c3ccc(Cl)cc3)nn21. The van der Waals surface area contributed by atoms with E-state index in [0.29, 0.717) is 23.0 Å². The number of unbranched alkanes of at least 4 members (excludes halogenated alkanes) is 1. The van der Waals surface area contributed by atoms with E-state index in [1.807, 2.05) is 12.1 Å². The average molecular weight is 425 g/mol. The quantitative estimate of drug-likeness (QED) is 0.733. The molecular weight excluding hydrogens is 404 g/mol. The summed E-state index contributed by atoms with van der Waals surface area (Å²) in [4.78, 5) is 26.7. The summed E-state index contributed by atoms with van der Waals surface area (Å²) in [5.41, 5.74) is 1.92. The summed E-state index contributed by atoms with van der Waals surface area (Å²) in [6.45, 7) is 2.21. The van der Waals surface area contributed by atoms with Crippen molar-refractivity contribution < 1.29 is 9.59 Å². The monoisotopic (exact) mass is 424 g/mol. The van der Waals surface area contributed by atoms with E-state index in [0.717, 1.165) is 24.8 Å². The van der Waals surface area contributed by atoms with Crippen molar-refractivity contribution in [1.82, 2.24) is 20.0 Å². The van der Waals surface area contributed by atoms with Crippen molar-refractivity contribution in [3.63, 3.8) is 0 Å². The topological polar surface area (TPSA) is 115 Å². The first-order chi connectivity index (χ1) is 14.5. The van der Waals surface area contributed by atoms with Crippen LogP contribution in [0.4, 0.5) is 0 Å². The maximum absolute atomic E-state index is 13.0. The van der Waals surface area contributed by atoms with Crippen LogP contribution in [-0.4, -0.2) is 45.6 Å². The van der Waals surface area contributed by atoms with Crippen LogP contribution >= 0.6 is 11.6 Å². The molecule has 0 radical (unpaired) electrons. The predicted molar refractivity (Wildman–Crippen MR) is 110 cm³/mol. The zero-order valence-electron chi connectivity index (χ0n) is 16.5. The molecule has 2 aromatic rings. The Balaban J connectivity index is 1.87. The van der Waals surface area contributed by atoms with Crippen LogP contribution in [0.25, 0.3) is 11.3 Å². The summed E-state index contributed by atoms with van der Waals surface area (Å²) in [5.74, 6) is -0.854. The first-order valence-electron chi connectivity index (χ1n) is 9.70. The van der Waals surface area contributed by atoms with Crippen LogP contribution in [-0.2, 0) is 4.79 Å². The van der Waals surface area contributed by atoms with Crippen LogP contribution in [0.2, 0.25) is 5.02 Å². The Kier molecular flexibility index (Phi) is 6.71. The number of rotatable bonds is 7. The normalized spacial score (nSPS) is 15.4. The van der Waals surface area contributed by atoms with Crippen molar-refractivity contribution in [3.05, 3.63) is 41.0 Å². The standard InChI is InChI=1S/C21H21ClN6O2/c1-2-3-4-17-12-27(13-20(29)25-16(10-23)11-24)21(30)19-9-18(26-28(17)19)14-5-7-15(22)8-6-14/h5-9,16-17H,2-4,12-13H2,1H3,(H,25,29). The van der Waals surface area contributed by atoms with Gasteiger partial charge in [-0.05, 0) is 24.6 Å². The molecule has 1 aromatic carbocycles. The third-order valence-electron chi connectivity index (χ3n) is 4.95. The summed E-state index contributed by atoms with van der Waals surface area (Å²) < 4.78 is 1.75. The summed E-state index contributed by atoms with van der Waals surface area (Å²) >= 11 is 5.96. The zero-order chi connectivity index (χ0) is 21.7. The molecule has 30 heavy (non-hydrogen) atoms. The second-order valence-corrected chi connectivity index (χ2v) is 7.54. The average Bonchev–Trinajstić information content (AvgIpc) is 3.19. The first kappa shape index (κ1) is 21.4. The van der Waals surface area contributed by atoms with Crippen molar-refractivity contribution in [3.8, 4) is 23.4 Å². The molecule has 1 aliphatic rings. The number of benzene rings is 1. The smallest absolute Gasteiger partial charge is 0.272 e. The molecule has 0 aliphatic carbocycles. The van der Waals surface area contributed by atoms with Gasteiger partial charge >= 0.3 is 0 Å². The molecule has 0 spiro atoms. The van der Waals surface area contributed by atoms with Crippen LogP contribution in [0.3, 0.4) is 0 Å². The van der Waals surface area contributed by atoms with Crippen molar-refractivity contribution in [2.45, 2.75) is 38.3 Å². The minimum absolute atomic E-state index is 0.0609. The van der Waals surface area contributed by atoms with E-state index in [2.05, 4.69) is 17.3 Å². The molecule has 0 saturated heterocycles. The van der Waals surface area contributed by atoms with Gasteiger partial charge in [-0.3, -0.25) is 14.3 Å². The van der Waals surface area contributed by atoms with Gasteiger partial charge in [-0.2, -0.15) is 15.6 Å². The van der Waals surface area contributed by atoms with Gasteiger partial charge in [0.05, 0.1) is 11.7 Å². The van der Waals surface area contributed by atoms with Gasteiger partial charge in [0, 0.05) is 17.1 Å². The Hall–Kier alpha value is -3.36. The lowest BCUT2D eigenvalue weighted by Gasteiger charge is -2.33. The van der Waals surface area contributed by atoms with Crippen LogP contribution in [0.1, 0.15) is 42.7 Å². The predicted octanol–water partition coefficient (Wildman–Crippen LogP) is 2.92. The van der Waals surface area contributed by atoms with Crippen molar-refractivity contribution in [2.24, 2.45) is 0 Å². The number of carbonyl (C=O) groups excluding carboxylic acids is 2. The van der Waals surface area contributed by atoms with E-state index in [1.54, 1.807) is 35.0 Å². The van der Waals surface area contributed by atoms with Gasteiger partial charge in [-0.25, -0.2) is 0 Å². The molecule has 1 atom stereocenters. The Morgan fingerprint density at radius 1 is 1.33 bits per heavy atom. The van der Waals surface area contributed by atoms with Gasteiger partial charge in [-0.15, -0.1) is 0 Å². The molecule has 1 N–H and O–H groups in total. The second-order valence-electron chi connectivity index (χ2n) is 7.11. The van der Waals surface area contributed by atoms with E-state index in [1.165, 1.54) is 4.90 Å². The van der Waals surface area contributed by atoms with Crippen molar-refractivity contribution in [1.29, 1.82) is 10.5 Å². The molecule has 0 saturated carbocycles. The number of amides is 2. The van der Waals surface area contributed by atoms with Crippen LogP contribution in [0.15, 0.2) is 30.3 Å². The number of nitrogens with zero attached hydrogens (tertiary/aromatic N) is 5. The highest BCUT2D eigenvalue weighted by Crippen LogP contribution is 2.29. The van der Waals surface area contributed by atoms with Gasteiger partial charge in [-0.1, -0.05) is 43.5 Å². The van der Waals surface area contributed by atoms with Crippen LogP contribution in [0, 0.1) is 22.7 Å². The van der Waals surface area contributed by atoms with E-state index >= 15 is 0 Å². The summed E-state index contributed by atoms with van der Waals surface area (Å²) in [6.07, 6.45) is 2.77. The molecule has 154 valence electrons. The lowest BCUT2D eigenvalue weighted by molar-refractivity contribution is -0.122. The fourth-order valence-corrected chi connectivity index (χ4v) is 3.56. The van der Waals surface area contributed by atoms with E-state index in [-0.39, 0.29) is 18.5 Å². The number of hydrogen-bond donors (Lipinski definition) is 1. The number of hydrogen-bond acceptors (Lipinski definition) is 5. The summed E-state index contributed by atoms with van der Waals surface area (Å²) in [6, 6.07) is 11.0. The van der Waals surface area contributed by atoms with Gasteiger partial charge in [0.1, 0.15) is 24.4 Å². The molecule has 8 nitrogen and oxygen atoms in total. The lowest BCUT2D eigenvalue weighted by Crippen LogP contribution is -2.48. The van der Waals surface area contributed by atoms with Crippen LogP contribution < -0.4 is 5.32 Å². The van der Waals surface area contributed by atoms with E-state index in [9.17, 15) is 9.59 Å². The van der Waals surface area contributed by atoms with Gasteiger partial charge in [0.25, 0.3) is 5.91 Å². The highest BCUT2D eigenvalue weighted by molar-refractivity contribution is 6.30. The number of fused-ring (bicyclic) bond motifs is 1.